The lowest BCUT2D eigenvalue weighted by atomic mass is 9.97. The fraction of sp³-hybridized carbons (Fsp3) is 0.500. The van der Waals surface area contributed by atoms with Crippen molar-refractivity contribution in [1.82, 2.24) is 15.6 Å². The number of carbonyl (C=O) groups is 1. The number of aromatic nitrogens is 1. The van der Waals surface area contributed by atoms with Crippen molar-refractivity contribution in [3.63, 3.8) is 0 Å². The van der Waals surface area contributed by atoms with Crippen molar-refractivity contribution < 1.29 is 4.79 Å². The van der Waals surface area contributed by atoms with Crippen LogP contribution in [0.4, 0.5) is 4.79 Å². The Morgan fingerprint density at radius 3 is 2.59 bits per heavy atom. The molecule has 0 radical (unpaired) electrons. The second-order valence-electron chi connectivity index (χ2n) is 6.25. The molecular formula is C18H25N3O. The quantitative estimate of drug-likeness (QED) is 0.786. The van der Waals surface area contributed by atoms with Crippen molar-refractivity contribution in [3.05, 3.63) is 36.0 Å². The zero-order valence-corrected chi connectivity index (χ0v) is 13.0. The topological polar surface area (TPSA) is 56.9 Å². The Morgan fingerprint density at radius 2 is 1.82 bits per heavy atom. The minimum atomic E-state index is -0.0516. The van der Waals surface area contributed by atoms with E-state index in [2.05, 4.69) is 27.8 Å². The molecule has 0 spiro atoms. The molecule has 2 amide bonds. The Bertz CT molecular complexity index is 579. The van der Waals surface area contributed by atoms with Crippen molar-refractivity contribution in [1.29, 1.82) is 0 Å². The monoisotopic (exact) mass is 299 g/mol. The number of hydrogen-bond donors (Lipinski definition) is 3. The summed E-state index contributed by atoms with van der Waals surface area (Å²) in [6, 6.07) is 10.5. The number of amides is 2. The Hall–Kier alpha value is -1.97. The van der Waals surface area contributed by atoms with Crippen LogP contribution in [0, 0.1) is 0 Å². The molecule has 22 heavy (non-hydrogen) atoms. The lowest BCUT2D eigenvalue weighted by Crippen LogP contribution is -2.42. The van der Waals surface area contributed by atoms with Crippen LogP contribution in [0.15, 0.2) is 30.3 Å². The summed E-state index contributed by atoms with van der Waals surface area (Å²) in [5.74, 6) is 0. The molecular weight excluding hydrogens is 274 g/mol. The number of H-pyrrole nitrogens is 1. The predicted octanol–water partition coefficient (Wildman–Crippen LogP) is 4.08. The molecule has 4 nitrogen and oxygen atoms in total. The van der Waals surface area contributed by atoms with E-state index in [4.69, 9.17) is 0 Å². The second-order valence-corrected chi connectivity index (χ2v) is 6.25. The van der Waals surface area contributed by atoms with Gasteiger partial charge in [-0.1, -0.05) is 50.3 Å². The average molecular weight is 299 g/mol. The number of urea groups is 1. The molecule has 1 aliphatic rings. The first kappa shape index (κ1) is 14.9. The van der Waals surface area contributed by atoms with Crippen LogP contribution in [-0.4, -0.2) is 17.1 Å². The zero-order valence-electron chi connectivity index (χ0n) is 13.0. The Labute approximate surface area is 131 Å². The van der Waals surface area contributed by atoms with E-state index in [1.54, 1.807) is 0 Å². The third-order valence-electron chi connectivity index (χ3n) is 4.47. The van der Waals surface area contributed by atoms with Crippen LogP contribution in [0.1, 0.15) is 50.6 Å². The summed E-state index contributed by atoms with van der Waals surface area (Å²) in [7, 11) is 0. The normalized spacial score (nSPS) is 16.9. The number of hydrogen-bond acceptors (Lipinski definition) is 1. The third-order valence-corrected chi connectivity index (χ3v) is 4.47. The van der Waals surface area contributed by atoms with Gasteiger partial charge < -0.3 is 15.6 Å². The van der Waals surface area contributed by atoms with Crippen LogP contribution in [0.2, 0.25) is 0 Å². The van der Waals surface area contributed by atoms with Crippen LogP contribution in [0.5, 0.6) is 0 Å². The summed E-state index contributed by atoms with van der Waals surface area (Å²) < 4.78 is 0. The van der Waals surface area contributed by atoms with Crippen LogP contribution < -0.4 is 10.6 Å². The van der Waals surface area contributed by atoms with Gasteiger partial charge in [-0.25, -0.2) is 4.79 Å². The van der Waals surface area contributed by atoms with E-state index >= 15 is 0 Å². The number of benzene rings is 1. The van der Waals surface area contributed by atoms with Gasteiger partial charge in [0.05, 0.1) is 6.54 Å². The highest BCUT2D eigenvalue weighted by molar-refractivity contribution is 5.80. The van der Waals surface area contributed by atoms with Crippen molar-refractivity contribution in [2.75, 3.05) is 0 Å². The van der Waals surface area contributed by atoms with E-state index in [-0.39, 0.29) is 6.03 Å². The molecule has 0 aliphatic heterocycles. The summed E-state index contributed by atoms with van der Waals surface area (Å²) in [6.07, 6.45) is 8.63. The minimum absolute atomic E-state index is 0.0516. The van der Waals surface area contributed by atoms with Gasteiger partial charge in [0.25, 0.3) is 0 Å². The fourth-order valence-corrected chi connectivity index (χ4v) is 3.24. The van der Waals surface area contributed by atoms with E-state index < -0.39 is 0 Å². The number of nitrogens with one attached hydrogen (secondary N) is 3. The summed E-state index contributed by atoms with van der Waals surface area (Å²) in [5, 5.41) is 7.27. The number of aromatic amines is 1. The largest absolute Gasteiger partial charge is 0.357 e. The van der Waals surface area contributed by atoms with Gasteiger partial charge in [-0.05, 0) is 30.4 Å². The molecule has 1 aliphatic carbocycles. The molecule has 0 saturated heterocycles. The van der Waals surface area contributed by atoms with Gasteiger partial charge in [0.2, 0.25) is 0 Å². The van der Waals surface area contributed by atoms with E-state index in [0.717, 1.165) is 24.1 Å². The Kier molecular flexibility index (Phi) is 4.99. The molecule has 1 fully saturated rings. The van der Waals surface area contributed by atoms with Crippen molar-refractivity contribution in [2.45, 2.75) is 57.5 Å². The van der Waals surface area contributed by atoms with Crippen LogP contribution in [-0.2, 0) is 6.54 Å². The standard InChI is InChI=1S/C18H25N3O/c22-18(21-15-9-4-2-1-3-5-10-15)19-13-16-12-14-8-6-7-11-17(14)20-16/h6-8,11-12,15,20H,1-5,9-10,13H2,(H2,19,21,22). The maximum absolute atomic E-state index is 12.1. The number of para-hydroxylation sites is 1. The summed E-state index contributed by atoms with van der Waals surface area (Å²) in [6.45, 7) is 0.535. The second kappa shape index (κ2) is 7.34. The highest BCUT2D eigenvalue weighted by Crippen LogP contribution is 2.17. The molecule has 1 heterocycles. The number of carbonyl (C=O) groups excluding carboxylic acids is 1. The minimum Gasteiger partial charge on any atom is -0.357 e. The Balaban J connectivity index is 1.48. The molecule has 4 heteroatoms. The van der Waals surface area contributed by atoms with Crippen molar-refractivity contribution >= 4 is 16.9 Å². The Morgan fingerprint density at radius 1 is 1.09 bits per heavy atom. The molecule has 0 unspecified atom stereocenters. The van der Waals surface area contributed by atoms with Gasteiger partial charge in [-0.2, -0.15) is 0 Å². The third kappa shape index (κ3) is 4.03. The fourth-order valence-electron chi connectivity index (χ4n) is 3.24. The first-order valence-corrected chi connectivity index (χ1v) is 8.42. The first-order chi connectivity index (χ1) is 10.8. The van der Waals surface area contributed by atoms with Crippen LogP contribution in [0.25, 0.3) is 10.9 Å². The van der Waals surface area contributed by atoms with Crippen LogP contribution in [0.3, 0.4) is 0 Å². The highest BCUT2D eigenvalue weighted by atomic mass is 16.2. The van der Waals surface area contributed by atoms with Crippen molar-refractivity contribution in [3.8, 4) is 0 Å². The van der Waals surface area contributed by atoms with Crippen molar-refractivity contribution in [2.24, 2.45) is 0 Å². The molecule has 3 N–H and O–H groups in total. The van der Waals surface area contributed by atoms with E-state index in [9.17, 15) is 4.79 Å². The van der Waals surface area contributed by atoms with Gasteiger partial charge in [0.1, 0.15) is 0 Å². The molecule has 1 aromatic carbocycles. The number of fused-ring (bicyclic) bond motifs is 1. The van der Waals surface area contributed by atoms with E-state index in [1.165, 1.54) is 37.5 Å². The SMILES string of the molecule is O=C(NCc1cc2ccccc2[nH]1)NC1CCCCCCC1. The molecule has 118 valence electrons. The van der Waals surface area contributed by atoms with Gasteiger partial charge in [0.15, 0.2) is 0 Å². The van der Waals surface area contributed by atoms with Gasteiger partial charge >= 0.3 is 6.03 Å². The molecule has 1 saturated carbocycles. The average Bonchev–Trinajstić information content (AvgIpc) is 2.91. The molecule has 2 aromatic rings. The van der Waals surface area contributed by atoms with E-state index in [1.807, 2.05) is 18.2 Å². The van der Waals surface area contributed by atoms with Gasteiger partial charge in [-0.15, -0.1) is 0 Å². The van der Waals surface area contributed by atoms with E-state index in [0.29, 0.717) is 12.6 Å². The van der Waals surface area contributed by atoms with Gasteiger partial charge in [-0.3, -0.25) is 0 Å². The molecule has 0 bridgehead atoms. The smallest absolute Gasteiger partial charge is 0.315 e. The first-order valence-electron chi connectivity index (χ1n) is 8.42. The lowest BCUT2D eigenvalue weighted by Gasteiger charge is -2.21. The lowest BCUT2D eigenvalue weighted by molar-refractivity contribution is 0.233. The molecule has 3 rings (SSSR count). The summed E-state index contributed by atoms with van der Waals surface area (Å²) in [4.78, 5) is 15.4. The maximum Gasteiger partial charge on any atom is 0.315 e. The number of rotatable bonds is 3. The maximum atomic E-state index is 12.1. The molecule has 0 atom stereocenters. The summed E-state index contributed by atoms with van der Waals surface area (Å²) in [5.41, 5.74) is 2.15. The molecule has 1 aromatic heterocycles. The van der Waals surface area contributed by atoms with Crippen LogP contribution >= 0.6 is 0 Å². The van der Waals surface area contributed by atoms with Gasteiger partial charge in [0, 0.05) is 17.3 Å². The zero-order chi connectivity index (χ0) is 15.2. The highest BCUT2D eigenvalue weighted by Gasteiger charge is 2.13. The summed E-state index contributed by atoms with van der Waals surface area (Å²) >= 11 is 0. The predicted molar refractivity (Wildman–Crippen MR) is 89.8 cm³/mol.